The first-order valence-electron chi connectivity index (χ1n) is 7.64. The molecule has 0 fully saturated rings. The summed E-state index contributed by atoms with van der Waals surface area (Å²) < 4.78 is 6.28. The second kappa shape index (κ2) is 9.54. The van der Waals surface area contributed by atoms with Gasteiger partial charge in [0.2, 0.25) is 0 Å². The van der Waals surface area contributed by atoms with Gasteiger partial charge < -0.3 is 10.1 Å². The molecular formula is C17H28BrNO. The van der Waals surface area contributed by atoms with Crippen molar-refractivity contribution < 1.29 is 4.74 Å². The van der Waals surface area contributed by atoms with Gasteiger partial charge in [0.05, 0.1) is 6.61 Å². The Morgan fingerprint density at radius 3 is 2.20 bits per heavy atom. The molecule has 2 nitrogen and oxygen atoms in total. The summed E-state index contributed by atoms with van der Waals surface area (Å²) in [5.41, 5.74) is 1.70. The minimum Gasteiger partial charge on any atom is -0.383 e. The van der Waals surface area contributed by atoms with E-state index in [-0.39, 0.29) is 5.41 Å². The topological polar surface area (TPSA) is 21.3 Å². The van der Waals surface area contributed by atoms with Crippen LogP contribution in [0.3, 0.4) is 0 Å². The maximum atomic E-state index is 5.13. The molecule has 0 aromatic heterocycles. The molecule has 1 aromatic carbocycles. The molecule has 3 heteroatoms. The van der Waals surface area contributed by atoms with Gasteiger partial charge in [0.25, 0.3) is 0 Å². The van der Waals surface area contributed by atoms with Crippen molar-refractivity contribution in [3.05, 3.63) is 34.3 Å². The van der Waals surface area contributed by atoms with E-state index in [2.05, 4.69) is 59.4 Å². The number of hydrogen-bond acceptors (Lipinski definition) is 2. The van der Waals surface area contributed by atoms with Crippen LogP contribution in [-0.4, -0.2) is 26.8 Å². The van der Waals surface area contributed by atoms with Crippen molar-refractivity contribution in [3.63, 3.8) is 0 Å². The minimum absolute atomic E-state index is 0.248. The molecule has 0 amide bonds. The van der Waals surface area contributed by atoms with E-state index in [4.69, 9.17) is 4.74 Å². The number of nitrogens with one attached hydrogen (secondary N) is 1. The van der Waals surface area contributed by atoms with E-state index in [9.17, 15) is 0 Å². The highest BCUT2D eigenvalue weighted by Crippen LogP contribution is 2.34. The molecule has 0 aliphatic heterocycles. The van der Waals surface area contributed by atoms with E-state index in [1.807, 2.05) is 0 Å². The molecular weight excluding hydrogens is 314 g/mol. The third-order valence-electron chi connectivity index (χ3n) is 3.86. The van der Waals surface area contributed by atoms with Gasteiger partial charge in [0.15, 0.2) is 0 Å². The molecule has 0 spiro atoms. The lowest BCUT2D eigenvalue weighted by atomic mass is 9.73. The molecule has 0 unspecified atom stereocenters. The van der Waals surface area contributed by atoms with Crippen molar-refractivity contribution >= 4 is 15.9 Å². The SMILES string of the molecule is CCCC(CCC)(CNCCOC)c1ccc(Br)cc1. The van der Waals surface area contributed by atoms with Crippen molar-refractivity contribution in [2.45, 2.75) is 44.9 Å². The molecule has 0 saturated carbocycles. The number of halogens is 1. The lowest BCUT2D eigenvalue weighted by Crippen LogP contribution is -2.39. The van der Waals surface area contributed by atoms with Crippen LogP contribution in [0.5, 0.6) is 0 Å². The minimum atomic E-state index is 0.248. The quantitative estimate of drug-likeness (QED) is 0.631. The third kappa shape index (κ3) is 5.19. The number of benzene rings is 1. The Bertz CT molecular complexity index is 358. The van der Waals surface area contributed by atoms with E-state index >= 15 is 0 Å². The van der Waals surface area contributed by atoms with Gasteiger partial charge in [0, 0.05) is 30.1 Å². The fraction of sp³-hybridized carbons (Fsp3) is 0.647. The highest BCUT2D eigenvalue weighted by Gasteiger charge is 2.29. The van der Waals surface area contributed by atoms with Crippen LogP contribution in [0.4, 0.5) is 0 Å². The van der Waals surface area contributed by atoms with Gasteiger partial charge in [-0.25, -0.2) is 0 Å². The molecule has 0 atom stereocenters. The maximum Gasteiger partial charge on any atom is 0.0587 e. The zero-order chi connectivity index (χ0) is 14.8. The van der Waals surface area contributed by atoms with Crippen molar-refractivity contribution in [2.24, 2.45) is 0 Å². The van der Waals surface area contributed by atoms with Gasteiger partial charge in [-0.3, -0.25) is 0 Å². The monoisotopic (exact) mass is 341 g/mol. The molecule has 20 heavy (non-hydrogen) atoms. The zero-order valence-electron chi connectivity index (χ0n) is 13.0. The molecule has 0 aliphatic carbocycles. The van der Waals surface area contributed by atoms with Crippen LogP contribution in [0.15, 0.2) is 28.7 Å². The highest BCUT2D eigenvalue weighted by molar-refractivity contribution is 9.10. The number of rotatable bonds is 10. The first-order valence-corrected chi connectivity index (χ1v) is 8.43. The third-order valence-corrected chi connectivity index (χ3v) is 4.39. The molecule has 0 heterocycles. The normalized spacial score (nSPS) is 11.8. The van der Waals surface area contributed by atoms with Crippen LogP contribution in [0.2, 0.25) is 0 Å². The van der Waals surface area contributed by atoms with E-state index < -0.39 is 0 Å². The molecule has 0 bridgehead atoms. The van der Waals surface area contributed by atoms with Gasteiger partial charge in [-0.2, -0.15) is 0 Å². The smallest absolute Gasteiger partial charge is 0.0587 e. The second-order valence-electron chi connectivity index (χ2n) is 5.46. The van der Waals surface area contributed by atoms with Gasteiger partial charge in [0.1, 0.15) is 0 Å². The van der Waals surface area contributed by atoms with Gasteiger partial charge in [-0.1, -0.05) is 54.8 Å². The zero-order valence-corrected chi connectivity index (χ0v) is 14.6. The Balaban J connectivity index is 2.87. The summed E-state index contributed by atoms with van der Waals surface area (Å²) in [6.45, 7) is 7.27. The summed E-state index contributed by atoms with van der Waals surface area (Å²) in [6.07, 6.45) is 4.87. The predicted octanol–water partition coefficient (Wildman–Crippen LogP) is 4.52. The maximum absolute atomic E-state index is 5.13. The van der Waals surface area contributed by atoms with E-state index in [1.54, 1.807) is 7.11 Å². The number of hydrogen-bond donors (Lipinski definition) is 1. The van der Waals surface area contributed by atoms with Crippen LogP contribution in [-0.2, 0) is 10.2 Å². The fourth-order valence-corrected chi connectivity index (χ4v) is 3.22. The highest BCUT2D eigenvalue weighted by atomic mass is 79.9. The lowest BCUT2D eigenvalue weighted by Gasteiger charge is -2.35. The van der Waals surface area contributed by atoms with Crippen LogP contribution in [0.1, 0.15) is 45.1 Å². The summed E-state index contributed by atoms with van der Waals surface area (Å²) in [4.78, 5) is 0. The Morgan fingerprint density at radius 2 is 1.70 bits per heavy atom. The molecule has 1 aromatic rings. The summed E-state index contributed by atoms with van der Waals surface area (Å²) in [7, 11) is 1.75. The lowest BCUT2D eigenvalue weighted by molar-refractivity contribution is 0.194. The van der Waals surface area contributed by atoms with E-state index in [0.29, 0.717) is 0 Å². The van der Waals surface area contributed by atoms with Crippen molar-refractivity contribution in [1.29, 1.82) is 0 Å². The fourth-order valence-electron chi connectivity index (χ4n) is 2.95. The molecule has 114 valence electrons. The summed E-state index contributed by atoms with van der Waals surface area (Å²) in [5.74, 6) is 0. The molecule has 1 rings (SSSR count). The van der Waals surface area contributed by atoms with Crippen LogP contribution in [0.25, 0.3) is 0 Å². The number of ether oxygens (including phenoxy) is 1. The Morgan fingerprint density at radius 1 is 1.10 bits per heavy atom. The van der Waals surface area contributed by atoms with E-state index in [1.165, 1.54) is 31.2 Å². The standard InChI is InChI=1S/C17H28BrNO/c1-4-10-17(11-5-2,14-19-12-13-20-3)15-6-8-16(18)9-7-15/h6-9,19H,4-5,10-14H2,1-3H3. The predicted molar refractivity (Wildman–Crippen MR) is 90.4 cm³/mol. The molecule has 0 aliphatic rings. The molecule has 0 radical (unpaired) electrons. The van der Waals surface area contributed by atoms with Crippen molar-refractivity contribution in [3.8, 4) is 0 Å². The van der Waals surface area contributed by atoms with E-state index in [0.717, 1.165) is 24.2 Å². The van der Waals surface area contributed by atoms with Gasteiger partial charge in [-0.05, 0) is 30.5 Å². The average Bonchev–Trinajstić information content (AvgIpc) is 2.45. The largest absolute Gasteiger partial charge is 0.383 e. The second-order valence-corrected chi connectivity index (χ2v) is 6.37. The van der Waals surface area contributed by atoms with Crippen molar-refractivity contribution in [1.82, 2.24) is 5.32 Å². The Hall–Kier alpha value is -0.380. The Kier molecular flexibility index (Phi) is 8.43. The first kappa shape index (κ1) is 17.7. The molecule has 1 N–H and O–H groups in total. The summed E-state index contributed by atoms with van der Waals surface area (Å²) >= 11 is 3.53. The van der Waals surface area contributed by atoms with Crippen LogP contribution >= 0.6 is 15.9 Å². The van der Waals surface area contributed by atoms with Crippen LogP contribution < -0.4 is 5.32 Å². The van der Waals surface area contributed by atoms with Crippen LogP contribution in [0, 0.1) is 0 Å². The molecule has 0 saturated heterocycles. The van der Waals surface area contributed by atoms with Crippen molar-refractivity contribution in [2.75, 3.05) is 26.8 Å². The summed E-state index contributed by atoms with van der Waals surface area (Å²) in [5, 5.41) is 3.57. The van der Waals surface area contributed by atoms with Gasteiger partial charge in [-0.15, -0.1) is 0 Å². The number of methoxy groups -OCH3 is 1. The first-order chi connectivity index (χ1) is 9.68. The van der Waals surface area contributed by atoms with Gasteiger partial charge >= 0.3 is 0 Å². The Labute approximate surface area is 132 Å². The summed E-state index contributed by atoms with van der Waals surface area (Å²) in [6, 6.07) is 8.86. The average molecular weight is 342 g/mol.